The third-order valence-electron chi connectivity index (χ3n) is 3.01. The maximum Gasteiger partial charge on any atom is 0.360 e. The molecule has 0 saturated heterocycles. The molecule has 0 saturated carbocycles. The number of nitrogens with zero attached hydrogens (tertiary/aromatic N) is 2. The fourth-order valence-corrected chi connectivity index (χ4v) is 1.98. The molecule has 22 heavy (non-hydrogen) atoms. The molecule has 3 aromatic rings. The van der Waals surface area contributed by atoms with Crippen LogP contribution in [0.5, 0.6) is 0 Å². The van der Waals surface area contributed by atoms with Gasteiger partial charge in [0.25, 0.3) is 0 Å². The maximum absolute atomic E-state index is 11.6. The van der Waals surface area contributed by atoms with Crippen molar-refractivity contribution in [1.82, 2.24) is 9.97 Å². The molecule has 3 rings (SSSR count). The van der Waals surface area contributed by atoms with Gasteiger partial charge in [-0.15, -0.1) is 0 Å². The second-order valence-corrected chi connectivity index (χ2v) is 4.55. The molecule has 0 N–H and O–H groups in total. The van der Waals surface area contributed by atoms with Crippen LogP contribution in [-0.2, 0) is 4.74 Å². The topological polar surface area (TPSA) is 78.4 Å². The molecule has 6 nitrogen and oxygen atoms in total. The molecule has 0 unspecified atom stereocenters. The summed E-state index contributed by atoms with van der Waals surface area (Å²) in [5.41, 5.74) is 1.43. The highest BCUT2D eigenvalue weighted by molar-refractivity contribution is 5.87. The lowest BCUT2D eigenvalue weighted by Crippen LogP contribution is -2.04. The Morgan fingerprint density at radius 1 is 1.18 bits per heavy atom. The van der Waals surface area contributed by atoms with Gasteiger partial charge in [0.15, 0.2) is 11.4 Å². The van der Waals surface area contributed by atoms with Gasteiger partial charge in [0.1, 0.15) is 12.0 Å². The summed E-state index contributed by atoms with van der Waals surface area (Å²) in [5.74, 6) is 0.744. The van der Waals surface area contributed by atoms with Crippen LogP contribution in [0.15, 0.2) is 45.4 Å². The van der Waals surface area contributed by atoms with Crippen molar-refractivity contribution in [1.29, 1.82) is 0 Å². The number of carbonyl (C=O) groups excluding carboxylic acids is 1. The molecule has 1 aromatic carbocycles. The number of ether oxygens (including phenoxy) is 1. The molecule has 6 heteroatoms. The Kier molecular flexibility index (Phi) is 3.74. The lowest BCUT2D eigenvalue weighted by atomic mass is 10.2. The Labute approximate surface area is 126 Å². The standard InChI is InChI=1S/C16H14N2O4/c1-3-20-16(19)12-9-21-15(17-12)13-10(2)22-14(18-13)11-7-5-4-6-8-11/h4-9H,3H2,1-2H3. The summed E-state index contributed by atoms with van der Waals surface area (Å²) >= 11 is 0. The predicted molar refractivity (Wildman–Crippen MR) is 78.1 cm³/mol. The average molecular weight is 298 g/mol. The van der Waals surface area contributed by atoms with Crippen LogP contribution in [0.4, 0.5) is 0 Å². The van der Waals surface area contributed by atoms with Crippen molar-refractivity contribution in [2.45, 2.75) is 13.8 Å². The molecule has 0 spiro atoms. The molecule has 2 aromatic heterocycles. The van der Waals surface area contributed by atoms with Gasteiger partial charge >= 0.3 is 5.97 Å². The molecule has 0 aliphatic carbocycles. The van der Waals surface area contributed by atoms with Crippen LogP contribution in [0.2, 0.25) is 0 Å². The maximum atomic E-state index is 11.6. The Bertz CT molecular complexity index is 790. The van der Waals surface area contributed by atoms with Crippen LogP contribution in [0.1, 0.15) is 23.2 Å². The Morgan fingerprint density at radius 3 is 2.68 bits per heavy atom. The largest absolute Gasteiger partial charge is 0.461 e. The van der Waals surface area contributed by atoms with Crippen LogP contribution in [0, 0.1) is 6.92 Å². The number of aromatic nitrogens is 2. The number of esters is 1. The first-order valence-electron chi connectivity index (χ1n) is 6.85. The number of hydrogen-bond donors (Lipinski definition) is 0. The fourth-order valence-electron chi connectivity index (χ4n) is 1.98. The molecule has 0 fully saturated rings. The second-order valence-electron chi connectivity index (χ2n) is 4.55. The van der Waals surface area contributed by atoms with E-state index in [0.717, 1.165) is 5.56 Å². The molecule has 2 heterocycles. The number of carbonyl (C=O) groups is 1. The normalized spacial score (nSPS) is 10.6. The van der Waals surface area contributed by atoms with Gasteiger partial charge in [-0.3, -0.25) is 0 Å². The first-order valence-corrected chi connectivity index (χ1v) is 6.85. The zero-order valence-electron chi connectivity index (χ0n) is 12.2. The van der Waals surface area contributed by atoms with E-state index in [0.29, 0.717) is 17.3 Å². The van der Waals surface area contributed by atoms with E-state index in [-0.39, 0.29) is 18.2 Å². The zero-order chi connectivity index (χ0) is 15.5. The van der Waals surface area contributed by atoms with Gasteiger partial charge in [-0.05, 0) is 26.0 Å². The lowest BCUT2D eigenvalue weighted by molar-refractivity contribution is 0.0519. The summed E-state index contributed by atoms with van der Waals surface area (Å²) in [7, 11) is 0. The van der Waals surface area contributed by atoms with Crippen molar-refractivity contribution in [2.75, 3.05) is 6.61 Å². The smallest absolute Gasteiger partial charge is 0.360 e. The summed E-state index contributed by atoms with van der Waals surface area (Å²) in [4.78, 5) is 20.1. The van der Waals surface area contributed by atoms with E-state index in [1.807, 2.05) is 30.3 Å². The minimum Gasteiger partial charge on any atom is -0.461 e. The quantitative estimate of drug-likeness (QED) is 0.686. The summed E-state index contributed by atoms with van der Waals surface area (Å²) in [6.45, 7) is 3.78. The van der Waals surface area contributed by atoms with Crippen LogP contribution >= 0.6 is 0 Å². The van der Waals surface area contributed by atoms with Crippen molar-refractivity contribution in [3.8, 4) is 23.0 Å². The third-order valence-corrected chi connectivity index (χ3v) is 3.01. The Morgan fingerprint density at radius 2 is 1.95 bits per heavy atom. The van der Waals surface area contributed by atoms with Crippen molar-refractivity contribution >= 4 is 5.97 Å². The van der Waals surface area contributed by atoms with E-state index in [1.54, 1.807) is 13.8 Å². The average Bonchev–Trinajstić information content (AvgIpc) is 3.15. The van der Waals surface area contributed by atoms with Crippen LogP contribution in [0.25, 0.3) is 23.0 Å². The van der Waals surface area contributed by atoms with Gasteiger partial charge in [-0.1, -0.05) is 18.2 Å². The van der Waals surface area contributed by atoms with Crippen molar-refractivity contribution in [3.63, 3.8) is 0 Å². The zero-order valence-corrected chi connectivity index (χ0v) is 12.2. The second kappa shape index (κ2) is 5.85. The highest BCUT2D eigenvalue weighted by Crippen LogP contribution is 2.28. The molecule has 0 bridgehead atoms. The Balaban J connectivity index is 1.93. The molecular weight excluding hydrogens is 284 g/mol. The van der Waals surface area contributed by atoms with Crippen molar-refractivity contribution in [3.05, 3.63) is 48.0 Å². The highest BCUT2D eigenvalue weighted by Gasteiger charge is 2.20. The molecule has 0 radical (unpaired) electrons. The van der Waals surface area contributed by atoms with E-state index in [2.05, 4.69) is 9.97 Å². The number of rotatable bonds is 4. The first kappa shape index (κ1) is 14.1. The van der Waals surface area contributed by atoms with Crippen LogP contribution in [-0.4, -0.2) is 22.5 Å². The van der Waals surface area contributed by atoms with E-state index in [4.69, 9.17) is 13.6 Å². The number of aryl methyl sites for hydroxylation is 1. The lowest BCUT2D eigenvalue weighted by Gasteiger charge is -1.94. The SMILES string of the molecule is CCOC(=O)c1coc(-c2nc(-c3ccccc3)oc2C)n1. The van der Waals surface area contributed by atoms with Gasteiger partial charge in [-0.25, -0.2) is 14.8 Å². The first-order chi connectivity index (χ1) is 10.7. The molecule has 0 aliphatic heterocycles. The number of benzene rings is 1. The third kappa shape index (κ3) is 2.63. The van der Waals surface area contributed by atoms with Gasteiger partial charge in [0.2, 0.25) is 11.8 Å². The van der Waals surface area contributed by atoms with Gasteiger partial charge < -0.3 is 13.6 Å². The molecular formula is C16H14N2O4. The van der Waals surface area contributed by atoms with Crippen LogP contribution < -0.4 is 0 Å². The van der Waals surface area contributed by atoms with Gasteiger partial charge in [-0.2, -0.15) is 0 Å². The van der Waals surface area contributed by atoms with E-state index in [1.165, 1.54) is 6.26 Å². The minimum atomic E-state index is -0.526. The Hall–Kier alpha value is -2.89. The predicted octanol–water partition coefficient (Wildman–Crippen LogP) is 3.48. The fraction of sp³-hybridized carbons (Fsp3) is 0.188. The van der Waals surface area contributed by atoms with E-state index < -0.39 is 5.97 Å². The summed E-state index contributed by atoms with van der Waals surface area (Å²) < 4.78 is 15.8. The van der Waals surface area contributed by atoms with Crippen molar-refractivity contribution < 1.29 is 18.4 Å². The molecule has 112 valence electrons. The molecule has 0 aliphatic rings. The summed E-state index contributed by atoms with van der Waals surface area (Å²) in [5, 5.41) is 0. The molecule has 0 atom stereocenters. The van der Waals surface area contributed by atoms with Gasteiger partial charge in [0, 0.05) is 5.56 Å². The number of hydrogen-bond acceptors (Lipinski definition) is 6. The summed E-state index contributed by atoms with van der Waals surface area (Å²) in [6, 6.07) is 9.51. The van der Waals surface area contributed by atoms with Gasteiger partial charge in [0.05, 0.1) is 6.61 Å². The van der Waals surface area contributed by atoms with Crippen LogP contribution in [0.3, 0.4) is 0 Å². The monoisotopic (exact) mass is 298 g/mol. The van der Waals surface area contributed by atoms with E-state index >= 15 is 0 Å². The highest BCUT2D eigenvalue weighted by atomic mass is 16.5. The van der Waals surface area contributed by atoms with Crippen molar-refractivity contribution in [2.24, 2.45) is 0 Å². The number of oxazole rings is 2. The minimum absolute atomic E-state index is 0.112. The van der Waals surface area contributed by atoms with E-state index in [9.17, 15) is 4.79 Å². The molecule has 0 amide bonds. The summed E-state index contributed by atoms with van der Waals surface area (Å²) in [6.07, 6.45) is 1.25.